The zero-order chi connectivity index (χ0) is 102. The van der Waals surface area contributed by atoms with E-state index in [1.54, 1.807) is 109 Å². The number of hydrogen-bond acceptors (Lipinski definition) is 18. The number of aromatic nitrogens is 9. The van der Waals surface area contributed by atoms with E-state index < -0.39 is 65.6 Å². The molecule has 10 aromatic carbocycles. The minimum absolute atomic E-state index is 0. The SMILES string of the molecule is C.C.Cc1ccc(S(=O)(=O)O)cc1.Cc1ccccc1-c1c2nc(c(-c3ccccc3S(=O)(=O)O)c3ccc([n-]3)c(-c3ccccc3S(=O)(=O)O)c3nc(c(-c4ccccc4C)c4ccc1[n-]4)C=C3)C=C2.Cc1ccccc1-c1c2nc(c(-c3ccccc3S(=O)(=O)O)c3ccc([nH]3)c(-c3ccccc3S(=O)(=O)O)c3nc(c(-c4ccccc4C)c4ccc1[nH]4)C=C3)C=C2.O=Cc1ccccc1S(=O)(=O)[O-].[Cu+2].[Cu].[Na+].c1cc[nH]c1. The first-order chi connectivity index (χ1) is 68.8. The number of fused-ring (bicyclic) bond motifs is 16. The van der Waals surface area contributed by atoms with Crippen LogP contribution < -0.4 is 39.5 Å². The molecule has 2 radical (unpaired) electrons. The summed E-state index contributed by atoms with van der Waals surface area (Å²) < 4.78 is 206. The maximum atomic E-state index is 12.9. The summed E-state index contributed by atoms with van der Waals surface area (Å²) in [4.78, 5) is 49.3. The van der Waals surface area contributed by atoms with Crippen molar-refractivity contribution in [1.29, 1.82) is 0 Å². The molecule has 0 aliphatic carbocycles. The van der Waals surface area contributed by atoms with Crippen molar-refractivity contribution in [3.05, 3.63) is 395 Å². The quantitative estimate of drug-likeness (QED) is 0.0268. The van der Waals surface area contributed by atoms with Crippen LogP contribution in [0, 0.1) is 34.6 Å². The molecule has 8 N–H and O–H groups in total. The Morgan fingerprint density at radius 3 is 0.732 bits per heavy atom. The van der Waals surface area contributed by atoms with Gasteiger partial charge in [0, 0.05) is 102 Å². The average Bonchev–Trinajstić information content (AvgIpc) is 1.60. The number of nitrogens with one attached hydrogen (secondary N) is 3. The Bertz CT molecular complexity index is 8440. The molecule has 4 aliphatic heterocycles. The Morgan fingerprint density at radius 1 is 0.275 bits per heavy atom. The van der Waals surface area contributed by atoms with Gasteiger partial charge in [-0.3, -0.25) is 27.6 Å². The van der Waals surface area contributed by atoms with Gasteiger partial charge in [0.1, 0.15) is 29.7 Å². The van der Waals surface area contributed by atoms with Crippen LogP contribution in [0.1, 0.15) is 98.6 Å². The van der Waals surface area contributed by atoms with E-state index in [2.05, 4.69) is 15.0 Å². The molecule has 0 saturated carbocycles. The molecular weight excluding hydrogens is 2120 g/mol. The van der Waals surface area contributed by atoms with E-state index in [0.717, 1.165) is 89.4 Å². The third-order valence-corrected chi connectivity index (χ3v) is 29.3. The van der Waals surface area contributed by atoms with Gasteiger partial charge in [-0.15, -0.1) is 22.1 Å². The molecule has 11 heterocycles. The molecule has 16 bridgehead atoms. The van der Waals surface area contributed by atoms with E-state index in [9.17, 15) is 78.1 Å². The summed E-state index contributed by atoms with van der Waals surface area (Å²) in [5.74, 6) is 0. The van der Waals surface area contributed by atoms with Crippen LogP contribution in [0.25, 0.3) is 182 Å². The topological polar surface area (TPSA) is 473 Å². The fraction of sp³-hybridized carbons (Fsp3) is 0.0625. The second kappa shape index (κ2) is 47.1. The molecule has 7 aromatic heterocycles. The van der Waals surface area contributed by atoms with E-state index in [-0.39, 0.29) is 142 Å². The maximum Gasteiger partial charge on any atom is 2.00 e. The number of H-pyrrole nitrogens is 3. The van der Waals surface area contributed by atoms with Gasteiger partial charge >= 0.3 is 46.6 Å². The summed E-state index contributed by atoms with van der Waals surface area (Å²) in [6.45, 7) is 9.93. The molecule has 0 spiro atoms. The van der Waals surface area contributed by atoms with E-state index in [4.69, 9.17) is 34.5 Å². The summed E-state index contributed by atoms with van der Waals surface area (Å²) in [5.41, 5.74) is 21.8. The monoisotopic (exact) mass is 2210 g/mol. The molecule has 21 rings (SSSR count). The zero-order valence-corrected chi connectivity index (χ0v) is 87.2. The fourth-order valence-electron chi connectivity index (χ4n) is 17.3. The standard InChI is InChI=1S/C46H34N4O6S2.C46H32N4O6S2.C7H6O4S.C7H8O3S.C4H5N.2CH4.2Cu.Na/c2*1-27-11-3-5-13-29(27)43-33-19-20-34(47-33)44(30-14-6-4-12-28(30)2)36-22-24-38(49-36)46(32-16-8-10-18-42(32)58(54,55)56)40-26-25-39(50-40)45(37-23-21-35(43)48-37)31-15-7-9-17-41(31)57(51,52)53;8-5-6-3-1-2-4-7(6)12(9,10)11;1-6-2-4-7(5-3-6)11(8,9)10;1-2-4-5-3-1;;;;;/h3-26,47,50H,1-2H3,(H,51,52,53)(H,54,55,56);3-26H,1-2H3,(H,51,52,53)(H,54,55,56);1-5H,(H,9,10,11);2-5H,1H3,(H,8,9,10);1-5H;2*1H4;;;/q;-2;;;;;;;+2;+1/p-1. The zero-order valence-electron chi connectivity index (χ0n) is 78.4. The Balaban J connectivity index is 0.000000203. The van der Waals surface area contributed by atoms with Gasteiger partial charge < -0.3 is 29.5 Å². The van der Waals surface area contributed by atoms with Gasteiger partial charge in [-0.1, -0.05) is 245 Å². The smallest absolute Gasteiger partial charge is 0.744 e. The Labute approximate surface area is 905 Å². The molecule has 0 amide bonds. The van der Waals surface area contributed by atoms with Crippen LogP contribution in [0.4, 0.5) is 0 Å². The number of aldehydes is 1. The molecule has 758 valence electrons. The van der Waals surface area contributed by atoms with E-state index in [1.807, 2.05) is 205 Å². The largest absolute Gasteiger partial charge is 2.00 e. The number of aromatic amines is 3. The predicted octanol–water partition coefficient (Wildman–Crippen LogP) is 21.1. The molecule has 17 aromatic rings. The summed E-state index contributed by atoms with van der Waals surface area (Å²) >= 11 is 0. The van der Waals surface area contributed by atoms with Gasteiger partial charge in [0.25, 0.3) is 50.6 Å². The first-order valence-electron chi connectivity index (χ1n) is 44.1. The molecule has 28 nitrogen and oxygen atoms in total. The van der Waals surface area contributed by atoms with E-state index >= 15 is 0 Å². The third-order valence-electron chi connectivity index (χ3n) is 23.9. The van der Waals surface area contributed by atoms with Crippen LogP contribution in [0.3, 0.4) is 0 Å². The van der Waals surface area contributed by atoms with Gasteiger partial charge in [-0.2, -0.15) is 42.1 Å². The second-order valence-electron chi connectivity index (χ2n) is 33.3. The van der Waals surface area contributed by atoms with E-state index in [0.29, 0.717) is 96.2 Å². The minimum Gasteiger partial charge on any atom is -0.744 e. The minimum atomic E-state index is -4.73. The van der Waals surface area contributed by atoms with Crippen molar-refractivity contribution in [2.24, 2.45) is 0 Å². The van der Waals surface area contributed by atoms with Gasteiger partial charge in [0.15, 0.2) is 6.29 Å². The Kier molecular flexibility index (Phi) is 35.9. The van der Waals surface area contributed by atoms with Crippen molar-refractivity contribution >= 4 is 160 Å². The number of aryl methyl sites for hydroxylation is 5. The van der Waals surface area contributed by atoms with Crippen LogP contribution in [0.2, 0.25) is 0 Å². The van der Waals surface area contributed by atoms with Crippen molar-refractivity contribution in [1.82, 2.24) is 44.9 Å². The average molecular weight is 2210 g/mol. The number of rotatable bonds is 15. The van der Waals surface area contributed by atoms with Crippen LogP contribution in [-0.2, 0) is 94.8 Å². The second-order valence-corrected chi connectivity index (χ2v) is 41.6. The van der Waals surface area contributed by atoms with Gasteiger partial charge in [-0.25, -0.2) is 28.4 Å². The first-order valence-corrected chi connectivity index (χ1v) is 52.8. The molecule has 149 heavy (non-hydrogen) atoms. The van der Waals surface area contributed by atoms with Crippen LogP contribution in [-0.4, -0.2) is 119 Å². The van der Waals surface area contributed by atoms with Crippen LogP contribution in [0.5, 0.6) is 0 Å². The molecule has 4 aliphatic rings. The summed E-state index contributed by atoms with van der Waals surface area (Å²) in [5, 5.41) is 0. The van der Waals surface area contributed by atoms with Gasteiger partial charge in [0.2, 0.25) is 0 Å². The molecule has 37 heteroatoms. The van der Waals surface area contributed by atoms with Crippen LogP contribution >= 0.6 is 0 Å². The van der Waals surface area contributed by atoms with Crippen molar-refractivity contribution in [3.8, 4) is 89.0 Å². The van der Waals surface area contributed by atoms with Crippen molar-refractivity contribution in [2.45, 2.75) is 78.8 Å². The molecule has 0 unspecified atom stereocenters. The van der Waals surface area contributed by atoms with Gasteiger partial charge in [0.05, 0.1) is 55.3 Å². The Morgan fingerprint density at radius 2 is 0.497 bits per heavy atom. The van der Waals surface area contributed by atoms with Crippen LogP contribution in [0.15, 0.2) is 345 Å². The first kappa shape index (κ1) is 114. The van der Waals surface area contributed by atoms with Gasteiger partial charge in [-0.05, 0) is 229 Å². The van der Waals surface area contributed by atoms with Crippen molar-refractivity contribution in [3.63, 3.8) is 0 Å². The number of carbonyl (C=O) groups is 1. The number of benzene rings is 10. The van der Waals surface area contributed by atoms with Crippen molar-refractivity contribution < 1.29 is 146 Å². The molecular formula is C112H92Cu2N9NaO19S6. The number of nitrogens with zero attached hydrogens (tertiary/aromatic N) is 6. The third kappa shape index (κ3) is 24.9. The predicted molar refractivity (Wildman–Crippen MR) is 572 cm³/mol. The Hall–Kier alpha value is -14.2. The van der Waals surface area contributed by atoms with E-state index in [1.165, 1.54) is 78.9 Å². The van der Waals surface area contributed by atoms with Crippen molar-refractivity contribution in [2.75, 3.05) is 0 Å². The molecule has 0 fully saturated rings. The summed E-state index contributed by atoms with van der Waals surface area (Å²) in [7, 11) is -27.4. The fourth-order valence-corrected chi connectivity index (χ4v) is 21.3. The maximum absolute atomic E-state index is 12.9. The molecule has 0 saturated heterocycles. The summed E-state index contributed by atoms with van der Waals surface area (Å²) in [6.07, 6.45) is 18.7. The number of carbonyl (C=O) groups excluding carboxylic acids is 1. The number of hydrogen-bond donors (Lipinski definition) is 8. The normalized spacial score (nSPS) is 11.8. The molecule has 0 atom stereocenters. The summed E-state index contributed by atoms with van der Waals surface area (Å²) in [6, 6.07) is 86.1.